The van der Waals surface area contributed by atoms with Gasteiger partial charge in [0.05, 0.1) is 31.1 Å². The molecule has 4 nitrogen and oxygen atoms in total. The summed E-state index contributed by atoms with van der Waals surface area (Å²) in [5.74, 6) is -0.445. The second kappa shape index (κ2) is 10.3. The van der Waals surface area contributed by atoms with Gasteiger partial charge in [-0.2, -0.15) is 18.3 Å². The minimum atomic E-state index is -5.07. The highest BCUT2D eigenvalue weighted by Gasteiger charge is 2.55. The van der Waals surface area contributed by atoms with E-state index in [1.165, 1.54) is 53.3 Å². The quantitative estimate of drug-likeness (QED) is 0.296. The highest BCUT2D eigenvalue weighted by molar-refractivity contribution is 5.81. The van der Waals surface area contributed by atoms with E-state index < -0.39 is 36.1 Å². The van der Waals surface area contributed by atoms with Crippen LogP contribution in [-0.2, 0) is 5.60 Å². The SMILES string of the molecule is CF.OC(CNc1cccc(C(F)F)c1)(c1ccc2c(cnn2-c2ccc(F)cc2)c1)C(F)(F)F. The maximum absolute atomic E-state index is 13.9. The van der Waals surface area contributed by atoms with Crippen molar-refractivity contribution in [3.63, 3.8) is 0 Å². The van der Waals surface area contributed by atoms with Crippen LogP contribution in [0, 0.1) is 5.82 Å². The average Bonchev–Trinajstić information content (AvgIpc) is 3.27. The molecule has 0 spiro atoms. The summed E-state index contributed by atoms with van der Waals surface area (Å²) in [6.07, 6.45) is -6.52. The van der Waals surface area contributed by atoms with E-state index in [-0.39, 0.29) is 11.3 Å². The van der Waals surface area contributed by atoms with Crippen molar-refractivity contribution < 1.29 is 35.8 Å². The van der Waals surface area contributed by atoms with Gasteiger partial charge in [-0.3, -0.25) is 4.39 Å². The molecule has 4 aromatic rings. The number of nitrogens with one attached hydrogen (secondary N) is 1. The molecule has 3 aromatic carbocycles. The van der Waals surface area contributed by atoms with E-state index in [0.29, 0.717) is 23.8 Å². The fourth-order valence-corrected chi connectivity index (χ4v) is 3.46. The average molecular weight is 499 g/mol. The molecule has 1 heterocycles. The molecule has 0 saturated heterocycles. The van der Waals surface area contributed by atoms with Crippen LogP contribution in [0.3, 0.4) is 0 Å². The monoisotopic (exact) mass is 499 g/mol. The summed E-state index contributed by atoms with van der Waals surface area (Å²) in [5, 5.41) is 17.5. The third-order valence-electron chi connectivity index (χ3n) is 5.27. The topological polar surface area (TPSA) is 50.1 Å². The van der Waals surface area contributed by atoms with Crippen molar-refractivity contribution in [2.75, 3.05) is 19.0 Å². The Hall–Kier alpha value is -3.60. The fraction of sp³-hybridized carbons (Fsp3) is 0.208. The summed E-state index contributed by atoms with van der Waals surface area (Å²) in [6.45, 7) is -0.999. The summed E-state index contributed by atoms with van der Waals surface area (Å²) >= 11 is 0. The lowest BCUT2D eigenvalue weighted by Gasteiger charge is -2.31. The van der Waals surface area contributed by atoms with Gasteiger partial charge in [0.25, 0.3) is 6.43 Å². The minimum absolute atomic E-state index is 0.0145. The summed E-state index contributed by atoms with van der Waals surface area (Å²) in [7, 11) is 0.500. The molecular formula is C24H20F7N3O. The molecule has 2 N–H and O–H groups in total. The molecule has 0 aliphatic carbocycles. The number of alkyl halides is 6. The van der Waals surface area contributed by atoms with Gasteiger partial charge in [-0.15, -0.1) is 0 Å². The number of hydrogen-bond donors (Lipinski definition) is 2. The lowest BCUT2D eigenvalue weighted by Crippen LogP contribution is -2.47. The molecule has 11 heteroatoms. The van der Waals surface area contributed by atoms with Gasteiger partial charge in [0.2, 0.25) is 5.60 Å². The second-order valence-electron chi connectivity index (χ2n) is 7.44. The predicted molar refractivity (Wildman–Crippen MR) is 118 cm³/mol. The van der Waals surface area contributed by atoms with Crippen LogP contribution in [0.25, 0.3) is 16.6 Å². The molecule has 0 aliphatic heterocycles. The summed E-state index contributed by atoms with van der Waals surface area (Å²) < 4.78 is 91.7. The molecule has 35 heavy (non-hydrogen) atoms. The third-order valence-corrected chi connectivity index (χ3v) is 5.27. The van der Waals surface area contributed by atoms with Gasteiger partial charge in [0.1, 0.15) is 5.82 Å². The lowest BCUT2D eigenvalue weighted by molar-refractivity contribution is -0.260. The number of aromatic nitrogens is 2. The van der Waals surface area contributed by atoms with Crippen molar-refractivity contribution in [3.05, 3.63) is 89.9 Å². The smallest absolute Gasteiger partial charge is 0.381 e. The summed E-state index contributed by atoms with van der Waals surface area (Å²) in [6, 6.07) is 13.8. The number of halogens is 7. The van der Waals surface area contributed by atoms with Crippen LogP contribution in [0.5, 0.6) is 0 Å². The zero-order valence-electron chi connectivity index (χ0n) is 18.2. The van der Waals surface area contributed by atoms with Crippen LogP contribution in [0.2, 0.25) is 0 Å². The zero-order chi connectivity index (χ0) is 25.8. The van der Waals surface area contributed by atoms with E-state index in [1.54, 1.807) is 0 Å². The minimum Gasteiger partial charge on any atom is -0.381 e. The second-order valence-corrected chi connectivity index (χ2v) is 7.44. The number of rotatable bonds is 6. The van der Waals surface area contributed by atoms with E-state index in [9.17, 15) is 35.8 Å². The van der Waals surface area contributed by atoms with E-state index in [1.807, 2.05) is 0 Å². The van der Waals surface area contributed by atoms with Gasteiger partial charge >= 0.3 is 6.18 Å². The molecular weight excluding hydrogens is 479 g/mol. The Morgan fingerprint density at radius 2 is 1.66 bits per heavy atom. The summed E-state index contributed by atoms with van der Waals surface area (Å²) in [4.78, 5) is 0. The Kier molecular flexibility index (Phi) is 7.69. The highest BCUT2D eigenvalue weighted by atomic mass is 19.4. The van der Waals surface area contributed by atoms with Crippen molar-refractivity contribution in [2.45, 2.75) is 18.2 Å². The van der Waals surface area contributed by atoms with Crippen LogP contribution in [0.15, 0.2) is 72.9 Å². The lowest BCUT2D eigenvalue weighted by atomic mass is 9.92. The molecule has 0 fully saturated rings. The third kappa shape index (κ3) is 5.40. The van der Waals surface area contributed by atoms with Gasteiger partial charge in [0, 0.05) is 16.6 Å². The number of aliphatic hydroxyl groups is 1. The van der Waals surface area contributed by atoms with Crippen molar-refractivity contribution in [1.29, 1.82) is 0 Å². The number of hydrogen-bond acceptors (Lipinski definition) is 3. The zero-order valence-corrected chi connectivity index (χ0v) is 18.2. The molecule has 1 aromatic heterocycles. The maximum Gasteiger partial charge on any atom is 0.423 e. The number of nitrogens with zero attached hydrogens (tertiary/aromatic N) is 2. The number of anilines is 1. The molecule has 1 atom stereocenters. The Morgan fingerprint density at radius 1 is 0.971 bits per heavy atom. The van der Waals surface area contributed by atoms with Crippen LogP contribution < -0.4 is 5.32 Å². The van der Waals surface area contributed by atoms with Crippen molar-refractivity contribution in [3.8, 4) is 5.69 Å². The van der Waals surface area contributed by atoms with Gasteiger partial charge in [-0.1, -0.05) is 18.2 Å². The van der Waals surface area contributed by atoms with Gasteiger partial charge in [-0.25, -0.2) is 17.9 Å². The molecule has 4 rings (SSSR count). The Morgan fingerprint density at radius 3 is 2.29 bits per heavy atom. The standard InChI is InChI=1S/C23H17F6N3O.CH3F/c24-17-5-7-19(8-6-17)32-20-9-4-16(10-15(20)12-31-32)22(33,23(27,28)29)13-30-18-3-1-2-14(11-18)21(25)26;1-2/h1-12,21,30,33H,13H2;1H3. The molecule has 0 amide bonds. The molecule has 0 aliphatic rings. The first-order valence-electron chi connectivity index (χ1n) is 10.1. The number of fused-ring (bicyclic) bond motifs is 1. The van der Waals surface area contributed by atoms with E-state index in [0.717, 1.165) is 24.3 Å². The van der Waals surface area contributed by atoms with Crippen LogP contribution in [-0.4, -0.2) is 34.8 Å². The maximum atomic E-state index is 13.9. The predicted octanol–water partition coefficient (Wildman–Crippen LogP) is 6.55. The molecule has 1 unspecified atom stereocenters. The van der Waals surface area contributed by atoms with Gasteiger partial charge in [-0.05, 0) is 54.1 Å². The Bertz CT molecular complexity index is 1270. The molecule has 0 saturated carbocycles. The first kappa shape index (κ1) is 26.0. The first-order valence-corrected chi connectivity index (χ1v) is 10.1. The highest BCUT2D eigenvalue weighted by Crippen LogP contribution is 2.40. The number of benzene rings is 3. The summed E-state index contributed by atoms with van der Waals surface area (Å²) in [5.41, 5.74) is -3.14. The normalized spacial score (nSPS) is 13.3. The van der Waals surface area contributed by atoms with Gasteiger partial charge in [0.15, 0.2) is 0 Å². The van der Waals surface area contributed by atoms with E-state index in [4.69, 9.17) is 0 Å². The van der Waals surface area contributed by atoms with Crippen molar-refractivity contribution in [2.24, 2.45) is 0 Å². The van der Waals surface area contributed by atoms with Crippen LogP contribution in [0.1, 0.15) is 17.6 Å². The molecule has 0 bridgehead atoms. The first-order chi connectivity index (χ1) is 16.6. The van der Waals surface area contributed by atoms with Gasteiger partial charge < -0.3 is 10.4 Å². The van der Waals surface area contributed by atoms with E-state index in [2.05, 4.69) is 10.4 Å². The largest absolute Gasteiger partial charge is 0.423 e. The Balaban J connectivity index is 0.00000167. The fourth-order valence-electron chi connectivity index (χ4n) is 3.46. The van der Waals surface area contributed by atoms with Crippen LogP contribution in [0.4, 0.5) is 36.4 Å². The Labute approximate surface area is 195 Å². The van der Waals surface area contributed by atoms with E-state index >= 15 is 0 Å². The van der Waals surface area contributed by atoms with Crippen molar-refractivity contribution >= 4 is 16.6 Å². The van der Waals surface area contributed by atoms with Crippen molar-refractivity contribution in [1.82, 2.24) is 9.78 Å². The molecule has 0 radical (unpaired) electrons. The molecule has 186 valence electrons. The van der Waals surface area contributed by atoms with Crippen LogP contribution >= 0.6 is 0 Å².